The van der Waals surface area contributed by atoms with Crippen LogP contribution in [0.5, 0.6) is 5.75 Å². The molecule has 2 N–H and O–H groups in total. The maximum atomic E-state index is 14.3. The van der Waals surface area contributed by atoms with E-state index in [9.17, 15) is 9.18 Å². The number of halogens is 1. The van der Waals surface area contributed by atoms with Crippen molar-refractivity contribution in [2.24, 2.45) is 5.92 Å². The summed E-state index contributed by atoms with van der Waals surface area (Å²) in [7, 11) is 0. The molecule has 0 unspecified atom stereocenters. The Morgan fingerprint density at radius 3 is 2.65 bits per heavy atom. The lowest BCUT2D eigenvalue weighted by molar-refractivity contribution is 0.102. The van der Waals surface area contributed by atoms with Gasteiger partial charge in [-0.25, -0.2) is 4.39 Å². The van der Waals surface area contributed by atoms with Crippen LogP contribution in [-0.2, 0) is 0 Å². The number of carbonyl (C=O) groups excluding carboxylic acids is 1. The van der Waals surface area contributed by atoms with Crippen molar-refractivity contribution in [1.82, 2.24) is 5.32 Å². The number of piperidine rings is 1. The van der Waals surface area contributed by atoms with E-state index in [0.717, 1.165) is 31.8 Å². The van der Waals surface area contributed by atoms with E-state index < -0.39 is 11.7 Å². The van der Waals surface area contributed by atoms with E-state index in [1.54, 1.807) is 18.2 Å². The number of benzene rings is 2. The Morgan fingerprint density at radius 1 is 1.15 bits per heavy atom. The van der Waals surface area contributed by atoms with Gasteiger partial charge in [-0.15, -0.1) is 0 Å². The molecule has 3 rings (SSSR count). The smallest absolute Gasteiger partial charge is 0.258 e. The molecule has 1 amide bonds. The Balaban J connectivity index is 1.48. The number of rotatable bonds is 7. The zero-order valence-corrected chi connectivity index (χ0v) is 14.8. The Morgan fingerprint density at radius 2 is 1.92 bits per heavy atom. The quantitative estimate of drug-likeness (QED) is 0.730. The van der Waals surface area contributed by atoms with Crippen LogP contribution in [0, 0.1) is 11.7 Å². The number of anilines is 1. The van der Waals surface area contributed by atoms with Crippen LogP contribution in [0.25, 0.3) is 0 Å². The van der Waals surface area contributed by atoms with Gasteiger partial charge in [-0.2, -0.15) is 0 Å². The molecule has 2 aromatic rings. The van der Waals surface area contributed by atoms with Crippen molar-refractivity contribution in [1.29, 1.82) is 0 Å². The maximum Gasteiger partial charge on any atom is 0.258 e. The van der Waals surface area contributed by atoms with Gasteiger partial charge in [0.25, 0.3) is 5.91 Å². The summed E-state index contributed by atoms with van der Waals surface area (Å²) in [4.78, 5) is 12.2. The fraction of sp³-hybridized carbons (Fsp3) is 0.381. The van der Waals surface area contributed by atoms with Gasteiger partial charge in [0.15, 0.2) is 0 Å². The SMILES string of the molecule is O=C(Nc1ccccc1)c1ccc(OCCCC2CCNCC2)cc1F. The minimum absolute atomic E-state index is 0.0101. The van der Waals surface area contributed by atoms with Crippen LogP contribution in [0.2, 0.25) is 0 Å². The average Bonchev–Trinajstić information content (AvgIpc) is 2.67. The highest BCUT2D eigenvalue weighted by atomic mass is 19.1. The number of para-hydroxylation sites is 1. The van der Waals surface area contributed by atoms with Gasteiger partial charge in [0.1, 0.15) is 11.6 Å². The van der Waals surface area contributed by atoms with Crippen molar-refractivity contribution in [2.45, 2.75) is 25.7 Å². The summed E-state index contributed by atoms with van der Waals surface area (Å²) in [6, 6.07) is 13.4. The minimum atomic E-state index is -0.575. The van der Waals surface area contributed by atoms with Gasteiger partial charge >= 0.3 is 0 Å². The van der Waals surface area contributed by atoms with E-state index in [2.05, 4.69) is 10.6 Å². The van der Waals surface area contributed by atoms with Crippen LogP contribution >= 0.6 is 0 Å². The third kappa shape index (κ3) is 5.30. The summed E-state index contributed by atoms with van der Waals surface area (Å²) in [5.41, 5.74) is 0.644. The second-order valence-corrected chi connectivity index (χ2v) is 6.65. The third-order valence-electron chi connectivity index (χ3n) is 4.70. The van der Waals surface area contributed by atoms with Crippen molar-refractivity contribution >= 4 is 11.6 Å². The molecule has 26 heavy (non-hydrogen) atoms. The summed E-state index contributed by atoms with van der Waals surface area (Å²) in [5, 5.41) is 6.04. The maximum absolute atomic E-state index is 14.3. The number of hydrogen-bond acceptors (Lipinski definition) is 3. The third-order valence-corrected chi connectivity index (χ3v) is 4.70. The summed E-state index contributed by atoms with van der Waals surface area (Å²) in [5.74, 6) is 0.185. The highest BCUT2D eigenvalue weighted by Gasteiger charge is 2.14. The molecule has 1 aliphatic heterocycles. The topological polar surface area (TPSA) is 50.4 Å². The zero-order chi connectivity index (χ0) is 18.2. The first-order chi connectivity index (χ1) is 12.7. The normalized spacial score (nSPS) is 14.8. The lowest BCUT2D eigenvalue weighted by Crippen LogP contribution is -2.27. The number of ether oxygens (including phenoxy) is 1. The van der Waals surface area contributed by atoms with E-state index in [1.165, 1.54) is 25.0 Å². The Labute approximate surface area is 153 Å². The van der Waals surface area contributed by atoms with Crippen molar-refractivity contribution in [3.05, 3.63) is 59.9 Å². The molecule has 2 aromatic carbocycles. The summed E-state index contributed by atoms with van der Waals surface area (Å²) < 4.78 is 19.9. The molecule has 1 saturated heterocycles. The van der Waals surface area contributed by atoms with Crippen LogP contribution in [0.15, 0.2) is 48.5 Å². The molecule has 138 valence electrons. The molecule has 1 fully saturated rings. The lowest BCUT2D eigenvalue weighted by atomic mass is 9.93. The van der Waals surface area contributed by atoms with Crippen LogP contribution in [-0.4, -0.2) is 25.6 Å². The van der Waals surface area contributed by atoms with Crippen molar-refractivity contribution < 1.29 is 13.9 Å². The Hall–Kier alpha value is -2.40. The average molecular weight is 356 g/mol. The molecular weight excluding hydrogens is 331 g/mol. The molecule has 0 spiro atoms. The van der Waals surface area contributed by atoms with Crippen molar-refractivity contribution in [2.75, 3.05) is 25.0 Å². The molecule has 0 radical (unpaired) electrons. The first-order valence-corrected chi connectivity index (χ1v) is 9.22. The van der Waals surface area contributed by atoms with E-state index in [4.69, 9.17) is 4.74 Å². The number of nitrogens with one attached hydrogen (secondary N) is 2. The zero-order valence-electron chi connectivity index (χ0n) is 14.8. The van der Waals surface area contributed by atoms with Crippen molar-refractivity contribution in [3.63, 3.8) is 0 Å². The molecule has 0 atom stereocenters. The summed E-state index contributed by atoms with van der Waals surface area (Å²) >= 11 is 0. The van der Waals surface area contributed by atoms with Gasteiger partial charge in [-0.1, -0.05) is 18.2 Å². The van der Waals surface area contributed by atoms with Crippen LogP contribution in [0.3, 0.4) is 0 Å². The first-order valence-electron chi connectivity index (χ1n) is 9.22. The predicted molar refractivity (Wildman–Crippen MR) is 101 cm³/mol. The molecule has 4 nitrogen and oxygen atoms in total. The molecule has 5 heteroatoms. The van der Waals surface area contributed by atoms with E-state index in [0.29, 0.717) is 18.0 Å². The molecule has 1 aliphatic rings. The fourth-order valence-corrected chi connectivity index (χ4v) is 3.22. The first kappa shape index (κ1) is 18.4. The van der Waals surface area contributed by atoms with Gasteiger partial charge in [0.05, 0.1) is 12.2 Å². The predicted octanol–water partition coefficient (Wildman–Crippen LogP) is 4.24. The molecule has 1 heterocycles. The number of carbonyl (C=O) groups is 1. The minimum Gasteiger partial charge on any atom is -0.493 e. The molecule has 0 aromatic heterocycles. The van der Waals surface area contributed by atoms with Gasteiger partial charge in [0.2, 0.25) is 0 Å². The van der Waals surface area contributed by atoms with Crippen LogP contribution in [0.1, 0.15) is 36.0 Å². The molecule has 0 saturated carbocycles. The standard InChI is InChI=1S/C21H25FN2O2/c22-20-15-18(26-14-4-5-16-10-12-23-13-11-16)8-9-19(20)21(25)24-17-6-2-1-3-7-17/h1-3,6-9,15-16,23H,4-5,10-14H2,(H,24,25). The Kier molecular flexibility index (Phi) is 6.61. The van der Waals surface area contributed by atoms with Crippen LogP contribution in [0.4, 0.5) is 10.1 Å². The summed E-state index contributed by atoms with van der Waals surface area (Å²) in [6.45, 7) is 2.77. The largest absolute Gasteiger partial charge is 0.493 e. The molecular formula is C21H25FN2O2. The van der Waals surface area contributed by atoms with Gasteiger partial charge in [0, 0.05) is 11.8 Å². The molecule has 0 aliphatic carbocycles. The second kappa shape index (κ2) is 9.34. The van der Waals surface area contributed by atoms with E-state index >= 15 is 0 Å². The van der Waals surface area contributed by atoms with E-state index in [-0.39, 0.29) is 5.56 Å². The van der Waals surface area contributed by atoms with Crippen molar-refractivity contribution in [3.8, 4) is 5.75 Å². The molecule has 0 bridgehead atoms. The number of amides is 1. The Bertz CT molecular complexity index is 715. The fourth-order valence-electron chi connectivity index (χ4n) is 3.22. The van der Waals surface area contributed by atoms with E-state index in [1.807, 2.05) is 18.2 Å². The highest BCUT2D eigenvalue weighted by molar-refractivity contribution is 6.04. The van der Waals surface area contributed by atoms with Gasteiger partial charge in [-0.3, -0.25) is 4.79 Å². The lowest BCUT2D eigenvalue weighted by Gasteiger charge is -2.22. The monoisotopic (exact) mass is 356 g/mol. The van der Waals surface area contributed by atoms with Gasteiger partial charge in [-0.05, 0) is 69.0 Å². The number of hydrogen-bond donors (Lipinski definition) is 2. The van der Waals surface area contributed by atoms with Crippen LogP contribution < -0.4 is 15.4 Å². The highest BCUT2D eigenvalue weighted by Crippen LogP contribution is 2.20. The van der Waals surface area contributed by atoms with Gasteiger partial charge < -0.3 is 15.4 Å². The second-order valence-electron chi connectivity index (χ2n) is 6.65. The summed E-state index contributed by atoms with van der Waals surface area (Å²) in [6.07, 6.45) is 4.55.